The van der Waals surface area contributed by atoms with Gasteiger partial charge in [0, 0.05) is 21.2 Å². The van der Waals surface area contributed by atoms with E-state index in [1.807, 2.05) is 32.0 Å². The molecule has 2 aromatic rings. The third-order valence-corrected chi connectivity index (χ3v) is 4.19. The van der Waals surface area contributed by atoms with E-state index < -0.39 is 0 Å². The first kappa shape index (κ1) is 14.4. The summed E-state index contributed by atoms with van der Waals surface area (Å²) in [5.74, 6) is 0.0890. The second-order valence-corrected chi connectivity index (χ2v) is 5.66. The molecule has 1 heterocycles. The van der Waals surface area contributed by atoms with E-state index in [9.17, 15) is 0 Å². The summed E-state index contributed by atoms with van der Waals surface area (Å²) in [6, 6.07) is 10.1. The lowest BCUT2D eigenvalue weighted by molar-refractivity contribution is 0.318. The predicted molar refractivity (Wildman–Crippen MR) is 81.5 cm³/mol. The van der Waals surface area contributed by atoms with E-state index in [-0.39, 0.29) is 5.84 Å². The summed E-state index contributed by atoms with van der Waals surface area (Å²) >= 11 is 1.60. The van der Waals surface area contributed by atoms with Crippen molar-refractivity contribution in [3.63, 3.8) is 0 Å². The lowest BCUT2D eigenvalue weighted by atomic mass is 10.1. The van der Waals surface area contributed by atoms with E-state index in [0.717, 1.165) is 21.2 Å². The second-order valence-electron chi connectivity index (χ2n) is 4.57. The van der Waals surface area contributed by atoms with Crippen molar-refractivity contribution >= 4 is 17.6 Å². The summed E-state index contributed by atoms with van der Waals surface area (Å²) in [5, 5.41) is 12.1. The minimum absolute atomic E-state index is 0.0890. The Bertz CT molecular complexity index is 668. The van der Waals surface area contributed by atoms with Crippen molar-refractivity contribution in [2.24, 2.45) is 10.9 Å². The minimum atomic E-state index is 0.0890. The fraction of sp³-hybridized carbons (Fsp3) is 0.200. The highest BCUT2D eigenvalue weighted by Crippen LogP contribution is 2.33. The predicted octanol–water partition coefficient (Wildman–Crippen LogP) is 3.25. The van der Waals surface area contributed by atoms with Crippen LogP contribution < -0.4 is 5.73 Å². The maximum atomic E-state index is 8.95. The molecule has 3 N–H and O–H groups in total. The van der Waals surface area contributed by atoms with Crippen LogP contribution in [0.3, 0.4) is 0 Å². The van der Waals surface area contributed by atoms with Crippen LogP contribution in [0.15, 0.2) is 45.3 Å². The van der Waals surface area contributed by atoms with Crippen molar-refractivity contribution in [3.05, 3.63) is 52.8 Å². The SMILES string of the molecule is Cc1cc(Sc2ccccc2C)c(/C(N)=N/O)c(C)n1. The van der Waals surface area contributed by atoms with Gasteiger partial charge in [-0.2, -0.15) is 0 Å². The van der Waals surface area contributed by atoms with E-state index in [1.165, 1.54) is 5.56 Å². The summed E-state index contributed by atoms with van der Waals surface area (Å²) in [7, 11) is 0. The van der Waals surface area contributed by atoms with Gasteiger partial charge in [0.15, 0.2) is 5.84 Å². The number of aromatic nitrogens is 1. The monoisotopic (exact) mass is 287 g/mol. The van der Waals surface area contributed by atoms with Gasteiger partial charge in [-0.1, -0.05) is 35.1 Å². The molecule has 104 valence electrons. The van der Waals surface area contributed by atoms with E-state index in [1.54, 1.807) is 11.8 Å². The van der Waals surface area contributed by atoms with E-state index in [4.69, 9.17) is 10.9 Å². The molecule has 0 radical (unpaired) electrons. The van der Waals surface area contributed by atoms with Crippen LogP contribution in [0.25, 0.3) is 0 Å². The zero-order valence-electron chi connectivity index (χ0n) is 11.7. The Morgan fingerprint density at radius 3 is 2.55 bits per heavy atom. The van der Waals surface area contributed by atoms with Crippen molar-refractivity contribution in [2.45, 2.75) is 30.6 Å². The fourth-order valence-corrected chi connectivity index (χ4v) is 3.22. The van der Waals surface area contributed by atoms with Crippen molar-refractivity contribution in [2.75, 3.05) is 0 Å². The molecule has 0 bridgehead atoms. The molecule has 0 amide bonds. The Labute approximate surface area is 122 Å². The molecule has 0 aliphatic heterocycles. The zero-order valence-corrected chi connectivity index (χ0v) is 12.5. The summed E-state index contributed by atoms with van der Waals surface area (Å²) in [4.78, 5) is 6.47. The lowest BCUT2D eigenvalue weighted by Crippen LogP contribution is -2.17. The van der Waals surface area contributed by atoms with Crippen molar-refractivity contribution in [3.8, 4) is 0 Å². The number of hydrogen-bond acceptors (Lipinski definition) is 4. The molecule has 0 saturated heterocycles. The molecular formula is C15H17N3OS. The van der Waals surface area contributed by atoms with Crippen LogP contribution in [-0.2, 0) is 0 Å². The van der Waals surface area contributed by atoms with Gasteiger partial charge in [-0.05, 0) is 38.5 Å². The summed E-state index contributed by atoms with van der Waals surface area (Å²) in [6.07, 6.45) is 0. The number of aryl methyl sites for hydroxylation is 3. The topological polar surface area (TPSA) is 71.5 Å². The number of nitrogens with zero attached hydrogens (tertiary/aromatic N) is 2. The third-order valence-electron chi connectivity index (χ3n) is 2.97. The average Bonchev–Trinajstić information content (AvgIpc) is 2.40. The summed E-state index contributed by atoms with van der Waals surface area (Å²) < 4.78 is 0. The van der Waals surface area contributed by atoms with Gasteiger partial charge in [0.25, 0.3) is 0 Å². The van der Waals surface area contributed by atoms with Crippen molar-refractivity contribution < 1.29 is 5.21 Å². The van der Waals surface area contributed by atoms with Gasteiger partial charge >= 0.3 is 0 Å². The smallest absolute Gasteiger partial charge is 0.173 e. The van der Waals surface area contributed by atoms with Crippen molar-refractivity contribution in [1.82, 2.24) is 4.98 Å². The first-order valence-electron chi connectivity index (χ1n) is 6.22. The third kappa shape index (κ3) is 2.93. The fourth-order valence-electron chi connectivity index (χ4n) is 2.02. The molecule has 2 rings (SSSR count). The lowest BCUT2D eigenvalue weighted by Gasteiger charge is -2.13. The average molecular weight is 287 g/mol. The highest BCUT2D eigenvalue weighted by Gasteiger charge is 2.14. The summed E-state index contributed by atoms with van der Waals surface area (Å²) in [6.45, 7) is 5.86. The number of amidine groups is 1. The quantitative estimate of drug-likeness (QED) is 0.393. The molecule has 0 aliphatic carbocycles. The Morgan fingerprint density at radius 1 is 1.20 bits per heavy atom. The highest BCUT2D eigenvalue weighted by atomic mass is 32.2. The number of hydrogen-bond donors (Lipinski definition) is 2. The van der Waals surface area contributed by atoms with Gasteiger partial charge in [0.1, 0.15) is 0 Å². The van der Waals surface area contributed by atoms with Crippen LogP contribution in [-0.4, -0.2) is 16.0 Å². The number of pyridine rings is 1. The Balaban J connectivity index is 2.53. The van der Waals surface area contributed by atoms with Gasteiger partial charge < -0.3 is 10.9 Å². The van der Waals surface area contributed by atoms with Crippen LogP contribution in [0.1, 0.15) is 22.5 Å². The highest BCUT2D eigenvalue weighted by molar-refractivity contribution is 7.99. The Kier molecular flexibility index (Phi) is 4.29. The van der Waals surface area contributed by atoms with E-state index in [0.29, 0.717) is 5.56 Å². The molecule has 0 unspecified atom stereocenters. The number of rotatable bonds is 3. The molecule has 0 spiro atoms. The molecule has 1 aromatic heterocycles. The number of benzene rings is 1. The first-order valence-corrected chi connectivity index (χ1v) is 7.04. The molecular weight excluding hydrogens is 270 g/mol. The van der Waals surface area contributed by atoms with Crippen LogP contribution >= 0.6 is 11.8 Å². The number of nitrogens with two attached hydrogens (primary N) is 1. The maximum Gasteiger partial charge on any atom is 0.173 e. The Hall–Kier alpha value is -2.01. The van der Waals surface area contributed by atoms with Crippen LogP contribution in [0.5, 0.6) is 0 Å². The van der Waals surface area contributed by atoms with Gasteiger partial charge in [-0.3, -0.25) is 4.98 Å². The van der Waals surface area contributed by atoms with Gasteiger partial charge in [-0.15, -0.1) is 0 Å². The molecule has 4 nitrogen and oxygen atoms in total. The first-order chi connectivity index (χ1) is 9.52. The molecule has 1 aromatic carbocycles. The molecule has 5 heteroatoms. The normalized spacial score (nSPS) is 11.7. The second kappa shape index (κ2) is 5.96. The van der Waals surface area contributed by atoms with E-state index in [2.05, 4.69) is 29.2 Å². The molecule has 0 saturated carbocycles. The van der Waals surface area contributed by atoms with Crippen LogP contribution in [0.2, 0.25) is 0 Å². The standard InChI is InChI=1S/C15H17N3OS/c1-9-6-4-5-7-12(9)20-13-8-10(2)17-11(3)14(13)15(16)18-19/h4-8,19H,1-3H3,(H2,16,18). The molecule has 0 atom stereocenters. The van der Waals surface area contributed by atoms with E-state index >= 15 is 0 Å². The minimum Gasteiger partial charge on any atom is -0.409 e. The zero-order chi connectivity index (χ0) is 14.7. The largest absolute Gasteiger partial charge is 0.409 e. The molecule has 0 aliphatic rings. The van der Waals surface area contributed by atoms with Gasteiger partial charge in [0.05, 0.1) is 5.56 Å². The van der Waals surface area contributed by atoms with Crippen LogP contribution in [0, 0.1) is 20.8 Å². The Morgan fingerprint density at radius 2 is 1.90 bits per heavy atom. The summed E-state index contributed by atoms with van der Waals surface area (Å²) in [5.41, 5.74) is 9.33. The molecule has 20 heavy (non-hydrogen) atoms. The van der Waals surface area contributed by atoms with Crippen molar-refractivity contribution in [1.29, 1.82) is 0 Å². The van der Waals surface area contributed by atoms with Gasteiger partial charge in [-0.25, -0.2) is 0 Å². The van der Waals surface area contributed by atoms with Crippen LogP contribution in [0.4, 0.5) is 0 Å². The molecule has 0 fully saturated rings. The number of oxime groups is 1. The maximum absolute atomic E-state index is 8.95. The van der Waals surface area contributed by atoms with Gasteiger partial charge in [0.2, 0.25) is 0 Å².